The number of rotatable bonds is 8. The topological polar surface area (TPSA) is 81.9 Å². The highest BCUT2D eigenvalue weighted by molar-refractivity contribution is 6.30. The van der Waals surface area contributed by atoms with Gasteiger partial charge in [-0.05, 0) is 23.8 Å². The number of anilines is 1. The van der Waals surface area contributed by atoms with Gasteiger partial charge in [0.15, 0.2) is 0 Å². The lowest BCUT2D eigenvalue weighted by Crippen LogP contribution is -2.22. The predicted molar refractivity (Wildman–Crippen MR) is 101 cm³/mol. The average Bonchev–Trinajstić information content (AvgIpc) is 2.69. The maximum absolute atomic E-state index is 12.1. The van der Waals surface area contributed by atoms with Crippen LogP contribution in [0.2, 0.25) is 5.02 Å². The van der Waals surface area contributed by atoms with E-state index >= 15 is 0 Å². The van der Waals surface area contributed by atoms with Crippen LogP contribution in [0.15, 0.2) is 53.6 Å². The van der Waals surface area contributed by atoms with Crippen molar-refractivity contribution in [3.05, 3.63) is 69.7 Å². The Hall–Kier alpha value is -2.91. The van der Waals surface area contributed by atoms with Crippen LogP contribution < -0.4 is 10.9 Å². The van der Waals surface area contributed by atoms with Crippen LogP contribution in [0.4, 0.5) is 14.7 Å². The van der Waals surface area contributed by atoms with Crippen LogP contribution in [0.25, 0.3) is 11.3 Å². The molecule has 0 saturated heterocycles. The third-order valence-electron chi connectivity index (χ3n) is 3.69. The zero-order chi connectivity index (χ0) is 19.9. The van der Waals surface area contributed by atoms with Crippen molar-refractivity contribution in [1.29, 1.82) is 0 Å². The predicted octanol–water partition coefficient (Wildman–Crippen LogP) is 3.05. The minimum Gasteiger partial charge on any atom is -0.352 e. The standard InChI is InChI=1S/C18H16ClF2N5O2/c19-14-3-1-12(2-4-14)11-26-16(27)6-5-15(25-26)13-9-23-18(24-10-13)22-7-8-28-17(20)21/h1-6,9-10,17H,7-8,11H2,(H,22,23,24). The van der Waals surface area contributed by atoms with Crippen molar-refractivity contribution in [2.75, 3.05) is 18.5 Å². The fourth-order valence-corrected chi connectivity index (χ4v) is 2.47. The maximum atomic E-state index is 12.1. The molecule has 0 radical (unpaired) electrons. The van der Waals surface area contributed by atoms with E-state index < -0.39 is 6.61 Å². The average molecular weight is 408 g/mol. The van der Waals surface area contributed by atoms with E-state index in [9.17, 15) is 13.6 Å². The Bertz CT molecular complexity index is 965. The summed E-state index contributed by atoms with van der Waals surface area (Å²) in [6, 6.07) is 10.2. The van der Waals surface area contributed by atoms with E-state index in [1.807, 2.05) is 12.1 Å². The van der Waals surface area contributed by atoms with Crippen LogP contribution in [0.3, 0.4) is 0 Å². The van der Waals surface area contributed by atoms with E-state index in [1.54, 1.807) is 18.2 Å². The molecule has 0 fully saturated rings. The van der Waals surface area contributed by atoms with Crippen molar-refractivity contribution in [3.63, 3.8) is 0 Å². The van der Waals surface area contributed by atoms with Gasteiger partial charge in [0.1, 0.15) is 0 Å². The van der Waals surface area contributed by atoms with E-state index in [0.29, 0.717) is 22.8 Å². The Balaban J connectivity index is 1.69. The number of halogens is 3. The summed E-state index contributed by atoms with van der Waals surface area (Å²) in [5.74, 6) is 0.274. The van der Waals surface area contributed by atoms with E-state index in [-0.39, 0.29) is 24.7 Å². The Labute approximate surface area is 164 Å². The second kappa shape index (κ2) is 9.34. The largest absolute Gasteiger partial charge is 0.352 e. The number of aromatic nitrogens is 4. The molecule has 1 aromatic carbocycles. The molecule has 146 valence electrons. The van der Waals surface area contributed by atoms with E-state index in [0.717, 1.165) is 5.56 Å². The van der Waals surface area contributed by atoms with Crippen LogP contribution in [0.1, 0.15) is 5.56 Å². The molecule has 3 aromatic rings. The first-order valence-electron chi connectivity index (χ1n) is 8.30. The number of nitrogens with one attached hydrogen (secondary N) is 1. The Morgan fingerprint density at radius 2 is 1.82 bits per heavy atom. The second-order valence-electron chi connectivity index (χ2n) is 5.69. The molecule has 0 aliphatic rings. The van der Waals surface area contributed by atoms with Crippen molar-refractivity contribution in [1.82, 2.24) is 19.7 Å². The first kappa shape index (κ1) is 19.8. The van der Waals surface area contributed by atoms with Crippen molar-refractivity contribution < 1.29 is 13.5 Å². The van der Waals surface area contributed by atoms with Gasteiger partial charge in [0.2, 0.25) is 5.95 Å². The third-order valence-corrected chi connectivity index (χ3v) is 3.94. The Morgan fingerprint density at radius 3 is 2.50 bits per heavy atom. The molecule has 0 unspecified atom stereocenters. The number of nitrogens with zero attached hydrogens (tertiary/aromatic N) is 4. The fraction of sp³-hybridized carbons (Fsp3) is 0.222. The van der Waals surface area contributed by atoms with Gasteiger partial charge in [-0.25, -0.2) is 14.6 Å². The molecular weight excluding hydrogens is 392 g/mol. The van der Waals surface area contributed by atoms with Gasteiger partial charge >= 0.3 is 6.61 Å². The molecule has 0 atom stereocenters. The molecule has 0 spiro atoms. The highest BCUT2D eigenvalue weighted by Crippen LogP contribution is 2.15. The smallest absolute Gasteiger partial charge is 0.345 e. The van der Waals surface area contributed by atoms with E-state index in [4.69, 9.17) is 11.6 Å². The molecule has 10 heteroatoms. The lowest BCUT2D eigenvalue weighted by Gasteiger charge is -2.08. The summed E-state index contributed by atoms with van der Waals surface area (Å²) in [5, 5.41) is 7.74. The minimum absolute atomic E-state index is 0.147. The summed E-state index contributed by atoms with van der Waals surface area (Å²) in [5.41, 5.74) is 1.79. The second-order valence-corrected chi connectivity index (χ2v) is 6.13. The van der Waals surface area contributed by atoms with Crippen LogP contribution in [-0.4, -0.2) is 39.5 Å². The van der Waals surface area contributed by atoms with Gasteiger partial charge < -0.3 is 10.1 Å². The molecule has 0 aliphatic heterocycles. The zero-order valence-electron chi connectivity index (χ0n) is 14.6. The summed E-state index contributed by atoms with van der Waals surface area (Å²) < 4.78 is 29.3. The lowest BCUT2D eigenvalue weighted by atomic mass is 10.2. The van der Waals surface area contributed by atoms with Crippen LogP contribution in [0, 0.1) is 0 Å². The Kier molecular flexibility index (Phi) is 6.62. The molecule has 0 aliphatic carbocycles. The first-order valence-corrected chi connectivity index (χ1v) is 8.68. The van der Waals surface area contributed by atoms with Gasteiger partial charge in [0.05, 0.1) is 18.8 Å². The van der Waals surface area contributed by atoms with Crippen molar-refractivity contribution in [2.45, 2.75) is 13.2 Å². The summed E-state index contributed by atoms with van der Waals surface area (Å²) in [6.07, 6.45) is 3.06. The SMILES string of the molecule is O=c1ccc(-c2cnc(NCCOC(F)F)nc2)nn1Cc1ccc(Cl)cc1. The van der Waals surface area contributed by atoms with E-state index in [2.05, 4.69) is 25.1 Å². The fourth-order valence-electron chi connectivity index (χ4n) is 2.34. The molecule has 0 bridgehead atoms. The molecule has 2 heterocycles. The first-order chi connectivity index (χ1) is 13.5. The summed E-state index contributed by atoms with van der Waals surface area (Å²) >= 11 is 5.87. The molecule has 0 amide bonds. The number of ether oxygens (including phenoxy) is 1. The lowest BCUT2D eigenvalue weighted by molar-refractivity contribution is -0.125. The Morgan fingerprint density at radius 1 is 1.11 bits per heavy atom. The maximum Gasteiger partial charge on any atom is 0.345 e. The van der Waals surface area contributed by atoms with Crippen molar-refractivity contribution in [3.8, 4) is 11.3 Å². The van der Waals surface area contributed by atoms with Crippen LogP contribution in [0.5, 0.6) is 0 Å². The molecule has 3 rings (SSSR count). The summed E-state index contributed by atoms with van der Waals surface area (Å²) in [7, 11) is 0. The molecule has 0 saturated carbocycles. The molecule has 7 nitrogen and oxygen atoms in total. The highest BCUT2D eigenvalue weighted by atomic mass is 35.5. The van der Waals surface area contributed by atoms with Gasteiger partial charge in [-0.2, -0.15) is 13.9 Å². The number of benzene rings is 1. The van der Waals surface area contributed by atoms with Gasteiger partial charge in [-0.15, -0.1) is 0 Å². The van der Waals surface area contributed by atoms with E-state index in [1.165, 1.54) is 23.1 Å². The van der Waals surface area contributed by atoms with Crippen LogP contribution >= 0.6 is 11.6 Å². The quantitative estimate of drug-likeness (QED) is 0.578. The molecular formula is C18H16ClF2N5O2. The third kappa shape index (κ3) is 5.54. The van der Waals surface area contributed by atoms with Gasteiger partial charge in [-0.3, -0.25) is 4.79 Å². The van der Waals surface area contributed by atoms with Gasteiger partial charge in [0, 0.05) is 35.6 Å². The van der Waals surface area contributed by atoms with Crippen molar-refractivity contribution in [2.24, 2.45) is 0 Å². The highest BCUT2D eigenvalue weighted by Gasteiger charge is 2.07. The molecule has 1 N–H and O–H groups in total. The summed E-state index contributed by atoms with van der Waals surface area (Å²) in [6.45, 7) is -2.53. The monoisotopic (exact) mass is 407 g/mol. The molecule has 28 heavy (non-hydrogen) atoms. The van der Waals surface area contributed by atoms with Gasteiger partial charge in [-0.1, -0.05) is 23.7 Å². The van der Waals surface area contributed by atoms with Gasteiger partial charge in [0.25, 0.3) is 5.56 Å². The number of hydrogen-bond acceptors (Lipinski definition) is 6. The van der Waals surface area contributed by atoms with Crippen molar-refractivity contribution >= 4 is 17.5 Å². The minimum atomic E-state index is -2.81. The zero-order valence-corrected chi connectivity index (χ0v) is 15.3. The summed E-state index contributed by atoms with van der Waals surface area (Å²) in [4.78, 5) is 20.3. The molecule has 2 aromatic heterocycles. The van der Waals surface area contributed by atoms with Crippen LogP contribution in [-0.2, 0) is 11.3 Å². The normalized spacial score (nSPS) is 11.0. The number of hydrogen-bond donors (Lipinski definition) is 1. The number of alkyl halides is 2.